The molecule has 1 aliphatic rings. The van der Waals surface area contributed by atoms with E-state index in [0.29, 0.717) is 38.7 Å². The summed E-state index contributed by atoms with van der Waals surface area (Å²) in [5, 5.41) is 0.762. The van der Waals surface area contributed by atoms with Gasteiger partial charge in [0, 0.05) is 4.47 Å². The van der Waals surface area contributed by atoms with Gasteiger partial charge in [-0.1, -0.05) is 24.4 Å². The van der Waals surface area contributed by atoms with Gasteiger partial charge in [-0.15, -0.1) is 0 Å². The lowest BCUT2D eigenvalue weighted by molar-refractivity contribution is -0.144. The Morgan fingerprint density at radius 1 is 1.14 bits per heavy atom. The van der Waals surface area contributed by atoms with E-state index in [1.807, 2.05) is 0 Å². The molecule has 1 aromatic carbocycles. The van der Waals surface area contributed by atoms with Crippen LogP contribution in [0, 0.1) is 5.92 Å². The van der Waals surface area contributed by atoms with E-state index >= 15 is 0 Å². The van der Waals surface area contributed by atoms with Crippen molar-refractivity contribution in [2.24, 2.45) is 5.92 Å². The van der Waals surface area contributed by atoms with Crippen molar-refractivity contribution in [1.82, 2.24) is 19.9 Å². The van der Waals surface area contributed by atoms with E-state index in [1.54, 1.807) is 12.1 Å². The van der Waals surface area contributed by atoms with Crippen molar-refractivity contribution in [3.8, 4) is 11.8 Å². The number of hydrogen-bond donors (Lipinski definition) is 0. The SMILES string of the molecule is FC(F)(F)c1nc(CCC2CC2)c2c(Oc3ncc(Cl)cn3)ccc(Br)c2n1. The summed E-state index contributed by atoms with van der Waals surface area (Å²) in [7, 11) is 0. The molecule has 0 bridgehead atoms. The summed E-state index contributed by atoms with van der Waals surface area (Å²) in [5.41, 5.74) is 0.439. The number of aromatic nitrogens is 4. The van der Waals surface area contributed by atoms with E-state index in [9.17, 15) is 13.2 Å². The number of rotatable bonds is 5. The lowest BCUT2D eigenvalue weighted by atomic mass is 10.1. The third-order valence-corrected chi connectivity index (χ3v) is 5.21. The lowest BCUT2D eigenvalue weighted by Gasteiger charge is -2.14. The van der Waals surface area contributed by atoms with E-state index in [2.05, 4.69) is 35.9 Å². The number of aryl methyl sites for hydroxylation is 1. The van der Waals surface area contributed by atoms with Crippen molar-refractivity contribution in [1.29, 1.82) is 0 Å². The molecule has 0 saturated heterocycles. The summed E-state index contributed by atoms with van der Waals surface area (Å²) in [6.45, 7) is 0. The highest BCUT2D eigenvalue weighted by Gasteiger charge is 2.36. The van der Waals surface area contributed by atoms with E-state index in [1.165, 1.54) is 12.4 Å². The highest BCUT2D eigenvalue weighted by Crippen LogP contribution is 2.39. The van der Waals surface area contributed by atoms with Crippen LogP contribution in [-0.4, -0.2) is 19.9 Å². The monoisotopic (exact) mass is 472 g/mol. The van der Waals surface area contributed by atoms with Crippen molar-refractivity contribution < 1.29 is 17.9 Å². The number of nitrogens with zero attached hydrogens (tertiary/aromatic N) is 4. The van der Waals surface area contributed by atoms with Gasteiger partial charge in [0.2, 0.25) is 5.82 Å². The molecular weight excluding hydrogens is 461 g/mol. The Kier molecular flexibility index (Phi) is 5.13. The second-order valence-electron chi connectivity index (χ2n) is 6.53. The maximum atomic E-state index is 13.3. The van der Waals surface area contributed by atoms with Crippen LogP contribution in [0.4, 0.5) is 13.2 Å². The van der Waals surface area contributed by atoms with Gasteiger partial charge in [-0.2, -0.15) is 13.2 Å². The topological polar surface area (TPSA) is 60.8 Å². The minimum absolute atomic E-state index is 0.0288. The number of ether oxygens (including phenoxy) is 1. The average molecular weight is 474 g/mol. The summed E-state index contributed by atoms with van der Waals surface area (Å²) in [5.74, 6) is -0.332. The number of halogens is 5. The molecule has 0 N–H and O–H groups in total. The maximum absolute atomic E-state index is 13.3. The molecule has 0 unspecified atom stereocenters. The van der Waals surface area contributed by atoms with Gasteiger partial charge in [-0.3, -0.25) is 0 Å². The number of alkyl halides is 3. The second kappa shape index (κ2) is 7.44. The number of hydrogen-bond acceptors (Lipinski definition) is 5. The van der Waals surface area contributed by atoms with Crippen LogP contribution in [0.25, 0.3) is 10.9 Å². The largest absolute Gasteiger partial charge is 0.451 e. The first kappa shape index (κ1) is 19.3. The molecule has 10 heteroatoms. The standard InChI is InChI=1S/C18H13BrClF3N4O/c19-11-4-6-13(28-17-24-7-10(20)8-25-17)14-12(5-3-9-1-2-9)26-16(18(21,22)23)27-15(11)14/h4,6-9H,1-3,5H2. The normalized spacial score (nSPS) is 14.5. The lowest BCUT2D eigenvalue weighted by Crippen LogP contribution is -2.13. The predicted molar refractivity (Wildman–Crippen MR) is 100 cm³/mol. The molecule has 0 amide bonds. The van der Waals surface area contributed by atoms with Crippen LogP contribution in [0.1, 0.15) is 30.8 Å². The predicted octanol–water partition coefficient (Wildman–Crippen LogP) is 5.99. The fraction of sp³-hybridized carbons (Fsp3) is 0.333. The molecule has 1 fully saturated rings. The highest BCUT2D eigenvalue weighted by molar-refractivity contribution is 9.10. The van der Waals surface area contributed by atoms with Crippen LogP contribution in [0.3, 0.4) is 0 Å². The molecule has 3 aromatic rings. The molecule has 0 spiro atoms. The third-order valence-electron chi connectivity index (χ3n) is 4.38. The molecular formula is C18H13BrClF3N4O. The Bertz CT molecular complexity index is 1030. The van der Waals surface area contributed by atoms with Crippen LogP contribution >= 0.6 is 27.5 Å². The number of benzene rings is 1. The van der Waals surface area contributed by atoms with Gasteiger partial charge < -0.3 is 4.74 Å². The summed E-state index contributed by atoms with van der Waals surface area (Å²) < 4.78 is 46.1. The zero-order valence-corrected chi connectivity index (χ0v) is 16.6. The van der Waals surface area contributed by atoms with Gasteiger partial charge in [-0.05, 0) is 46.8 Å². The van der Waals surface area contributed by atoms with Gasteiger partial charge in [-0.25, -0.2) is 19.9 Å². The summed E-state index contributed by atoms with van der Waals surface area (Å²) in [4.78, 5) is 15.5. The van der Waals surface area contributed by atoms with Crippen LogP contribution in [-0.2, 0) is 12.6 Å². The van der Waals surface area contributed by atoms with Crippen LogP contribution in [0.5, 0.6) is 11.8 Å². The van der Waals surface area contributed by atoms with Gasteiger partial charge >= 0.3 is 12.2 Å². The molecule has 2 heterocycles. The zero-order chi connectivity index (χ0) is 19.9. The minimum Gasteiger partial charge on any atom is -0.424 e. The molecule has 146 valence electrons. The van der Waals surface area contributed by atoms with Crippen LogP contribution in [0.15, 0.2) is 29.0 Å². The second-order valence-corrected chi connectivity index (χ2v) is 7.82. The van der Waals surface area contributed by atoms with Gasteiger partial charge in [0.15, 0.2) is 0 Å². The Morgan fingerprint density at radius 2 is 1.86 bits per heavy atom. The molecule has 0 radical (unpaired) electrons. The van der Waals surface area contributed by atoms with Crippen molar-refractivity contribution >= 4 is 38.4 Å². The van der Waals surface area contributed by atoms with Gasteiger partial charge in [0.25, 0.3) is 0 Å². The highest BCUT2D eigenvalue weighted by atomic mass is 79.9. The summed E-state index contributed by atoms with van der Waals surface area (Å²) in [6.07, 6.45) is 1.47. The van der Waals surface area contributed by atoms with E-state index in [-0.39, 0.29) is 11.5 Å². The first-order valence-corrected chi connectivity index (χ1v) is 9.70. The fourth-order valence-corrected chi connectivity index (χ4v) is 3.36. The van der Waals surface area contributed by atoms with E-state index in [0.717, 1.165) is 19.3 Å². The van der Waals surface area contributed by atoms with Crippen molar-refractivity contribution in [2.75, 3.05) is 0 Å². The molecule has 0 aliphatic heterocycles. The van der Waals surface area contributed by atoms with Crippen molar-refractivity contribution in [3.63, 3.8) is 0 Å². The van der Waals surface area contributed by atoms with Crippen LogP contribution in [0.2, 0.25) is 5.02 Å². The molecule has 28 heavy (non-hydrogen) atoms. The fourth-order valence-electron chi connectivity index (χ4n) is 2.84. The molecule has 0 atom stereocenters. The first-order valence-electron chi connectivity index (χ1n) is 8.53. The Balaban J connectivity index is 1.84. The maximum Gasteiger partial charge on any atom is 0.451 e. The van der Waals surface area contributed by atoms with Gasteiger partial charge in [0.1, 0.15) is 5.75 Å². The molecule has 2 aromatic heterocycles. The summed E-state index contributed by atoms with van der Waals surface area (Å²) >= 11 is 9.07. The molecule has 4 rings (SSSR count). The van der Waals surface area contributed by atoms with Crippen molar-refractivity contribution in [2.45, 2.75) is 31.9 Å². The van der Waals surface area contributed by atoms with E-state index < -0.39 is 12.0 Å². The smallest absolute Gasteiger partial charge is 0.424 e. The van der Waals surface area contributed by atoms with Crippen LogP contribution < -0.4 is 4.74 Å². The van der Waals surface area contributed by atoms with Crippen molar-refractivity contribution in [3.05, 3.63) is 45.5 Å². The Hall–Kier alpha value is -2.00. The molecule has 1 saturated carbocycles. The quantitative estimate of drug-likeness (QED) is 0.455. The third kappa shape index (κ3) is 4.20. The number of fused-ring (bicyclic) bond motifs is 1. The van der Waals surface area contributed by atoms with E-state index in [4.69, 9.17) is 16.3 Å². The summed E-state index contributed by atoms with van der Waals surface area (Å²) in [6, 6.07) is 3.23. The molecule has 5 nitrogen and oxygen atoms in total. The Morgan fingerprint density at radius 3 is 2.50 bits per heavy atom. The van der Waals surface area contributed by atoms with Gasteiger partial charge in [0.05, 0.1) is 34.0 Å². The Labute approximate surface area is 171 Å². The molecule has 1 aliphatic carbocycles. The minimum atomic E-state index is -4.64. The zero-order valence-electron chi connectivity index (χ0n) is 14.3. The average Bonchev–Trinajstić information content (AvgIpc) is 3.47. The first-order chi connectivity index (χ1) is 13.3.